The minimum absolute atomic E-state index is 0.160. The fraction of sp³-hybridized carbons (Fsp3) is 0.500. The summed E-state index contributed by atoms with van der Waals surface area (Å²) in [7, 11) is 0. The summed E-state index contributed by atoms with van der Waals surface area (Å²) in [5, 5.41) is 20.5. The van der Waals surface area contributed by atoms with Gasteiger partial charge in [0, 0.05) is 11.1 Å². The van der Waals surface area contributed by atoms with Crippen LogP contribution in [0.15, 0.2) is 24.3 Å². The maximum Gasteiger partial charge on any atom is 0.165 e. The Hall–Kier alpha value is -1.52. The molecule has 0 aromatic heterocycles. The third kappa shape index (κ3) is 0.950. The first-order valence-electron chi connectivity index (χ1n) is 7.23. The SMILES string of the molecule is NC12C=CC(O)C3Oc4c(O)ccc5c4C31CC(C5)C2. The van der Waals surface area contributed by atoms with Crippen LogP contribution in [0.5, 0.6) is 11.5 Å². The zero-order chi connectivity index (χ0) is 13.7. The maximum atomic E-state index is 10.4. The smallest absolute Gasteiger partial charge is 0.165 e. The van der Waals surface area contributed by atoms with E-state index in [1.807, 2.05) is 12.1 Å². The fourth-order valence-electron chi connectivity index (χ4n) is 5.26. The van der Waals surface area contributed by atoms with Crippen LogP contribution in [0, 0.1) is 5.92 Å². The lowest BCUT2D eigenvalue weighted by atomic mass is 9.59. The van der Waals surface area contributed by atoms with E-state index in [0.29, 0.717) is 11.7 Å². The summed E-state index contributed by atoms with van der Waals surface area (Å²) in [6, 6.07) is 3.69. The van der Waals surface area contributed by atoms with Crippen molar-refractivity contribution in [2.24, 2.45) is 11.7 Å². The number of phenols is 1. The number of rotatable bonds is 0. The quantitative estimate of drug-likeness (QED) is 0.615. The van der Waals surface area contributed by atoms with Crippen molar-refractivity contribution < 1.29 is 14.9 Å². The van der Waals surface area contributed by atoms with Gasteiger partial charge in [-0.25, -0.2) is 0 Å². The monoisotopic (exact) mass is 271 g/mol. The molecule has 1 aromatic rings. The molecular weight excluding hydrogens is 254 g/mol. The van der Waals surface area contributed by atoms with Gasteiger partial charge in [0.15, 0.2) is 11.5 Å². The highest BCUT2D eigenvalue weighted by atomic mass is 16.5. The predicted molar refractivity (Wildman–Crippen MR) is 72.7 cm³/mol. The molecule has 4 nitrogen and oxygen atoms in total. The molecule has 1 aromatic carbocycles. The lowest BCUT2D eigenvalue weighted by Crippen LogP contribution is -2.63. The highest BCUT2D eigenvalue weighted by Gasteiger charge is 2.69. The van der Waals surface area contributed by atoms with E-state index >= 15 is 0 Å². The first kappa shape index (κ1) is 11.2. The average molecular weight is 271 g/mol. The number of phenolic OH excluding ortho intramolecular Hbond substituents is 1. The van der Waals surface area contributed by atoms with Crippen LogP contribution in [0.4, 0.5) is 0 Å². The molecule has 3 aliphatic carbocycles. The third-order valence-corrected chi connectivity index (χ3v) is 5.88. The van der Waals surface area contributed by atoms with Gasteiger partial charge in [-0.15, -0.1) is 0 Å². The number of hydrogen-bond acceptors (Lipinski definition) is 4. The van der Waals surface area contributed by atoms with E-state index in [1.165, 1.54) is 5.56 Å². The molecule has 5 rings (SSSR count). The van der Waals surface area contributed by atoms with E-state index in [2.05, 4.69) is 0 Å². The summed E-state index contributed by atoms with van der Waals surface area (Å²) in [6.07, 6.45) is 5.56. The Labute approximate surface area is 116 Å². The van der Waals surface area contributed by atoms with Gasteiger partial charge < -0.3 is 20.7 Å². The summed E-state index contributed by atoms with van der Waals surface area (Å²) in [4.78, 5) is 0. The molecule has 0 saturated heterocycles. The molecule has 1 aliphatic heterocycles. The largest absolute Gasteiger partial charge is 0.504 e. The van der Waals surface area contributed by atoms with E-state index in [1.54, 1.807) is 12.1 Å². The molecule has 4 N–H and O–H groups in total. The van der Waals surface area contributed by atoms with Crippen molar-refractivity contribution in [3.63, 3.8) is 0 Å². The lowest BCUT2D eigenvalue weighted by molar-refractivity contribution is 0.00674. The van der Waals surface area contributed by atoms with Gasteiger partial charge in [-0.05, 0) is 36.8 Å². The zero-order valence-corrected chi connectivity index (χ0v) is 11.0. The molecule has 1 heterocycles. The Bertz CT molecular complexity index is 670. The van der Waals surface area contributed by atoms with Crippen molar-refractivity contribution in [3.05, 3.63) is 35.4 Å². The molecule has 20 heavy (non-hydrogen) atoms. The van der Waals surface area contributed by atoms with E-state index in [9.17, 15) is 10.2 Å². The Balaban J connectivity index is 1.90. The molecule has 0 radical (unpaired) electrons. The Morgan fingerprint density at radius 1 is 1.30 bits per heavy atom. The Kier molecular flexibility index (Phi) is 1.70. The van der Waals surface area contributed by atoms with Crippen LogP contribution in [0.2, 0.25) is 0 Å². The van der Waals surface area contributed by atoms with Gasteiger partial charge in [0.25, 0.3) is 0 Å². The highest BCUT2D eigenvalue weighted by Crippen LogP contribution is 2.66. The topological polar surface area (TPSA) is 75.7 Å². The molecule has 5 atom stereocenters. The highest BCUT2D eigenvalue weighted by molar-refractivity contribution is 5.63. The number of benzene rings is 1. The van der Waals surface area contributed by atoms with Gasteiger partial charge >= 0.3 is 0 Å². The summed E-state index contributed by atoms with van der Waals surface area (Å²) >= 11 is 0. The number of fused-ring (bicyclic) bond motifs is 1. The van der Waals surface area contributed by atoms with Crippen molar-refractivity contribution in [2.75, 3.05) is 0 Å². The van der Waals surface area contributed by atoms with E-state index in [0.717, 1.165) is 24.8 Å². The van der Waals surface area contributed by atoms with E-state index in [-0.39, 0.29) is 17.3 Å². The van der Waals surface area contributed by atoms with Crippen molar-refractivity contribution in [2.45, 2.75) is 42.4 Å². The van der Waals surface area contributed by atoms with Crippen LogP contribution in [-0.4, -0.2) is 28.0 Å². The second kappa shape index (κ2) is 3.05. The molecule has 4 heteroatoms. The number of aliphatic hydroxyl groups is 1. The number of hydrogen-bond donors (Lipinski definition) is 3. The second-order valence-electron chi connectivity index (χ2n) is 6.83. The molecule has 2 bridgehead atoms. The van der Waals surface area contributed by atoms with Crippen LogP contribution >= 0.6 is 0 Å². The number of aromatic hydroxyl groups is 1. The standard InChI is InChI=1S/C16H17NO3/c17-15-4-3-11(19)14-16(15)7-8(6-15)5-9-1-2-10(18)13(20-14)12(9)16/h1-4,8,11,14,18-19H,5-7,17H2. The first-order chi connectivity index (χ1) is 9.55. The fourth-order valence-corrected chi connectivity index (χ4v) is 5.26. The van der Waals surface area contributed by atoms with Crippen molar-refractivity contribution >= 4 is 0 Å². The van der Waals surface area contributed by atoms with Crippen LogP contribution in [-0.2, 0) is 11.8 Å². The molecule has 1 spiro atoms. The molecule has 4 aliphatic rings. The van der Waals surface area contributed by atoms with Gasteiger partial charge in [0.05, 0.1) is 5.41 Å². The lowest BCUT2D eigenvalue weighted by Gasteiger charge is -2.47. The number of ether oxygens (including phenoxy) is 1. The number of aliphatic hydroxyl groups excluding tert-OH is 1. The van der Waals surface area contributed by atoms with Crippen molar-refractivity contribution in [1.29, 1.82) is 0 Å². The van der Waals surface area contributed by atoms with E-state index < -0.39 is 11.6 Å². The van der Waals surface area contributed by atoms with E-state index in [4.69, 9.17) is 10.5 Å². The third-order valence-electron chi connectivity index (χ3n) is 5.88. The Morgan fingerprint density at radius 2 is 2.15 bits per heavy atom. The molecular formula is C16H17NO3. The predicted octanol–water partition coefficient (Wildman–Crippen LogP) is 0.985. The van der Waals surface area contributed by atoms with Gasteiger partial charge in [-0.2, -0.15) is 0 Å². The molecule has 1 fully saturated rings. The number of nitrogens with two attached hydrogens (primary N) is 1. The summed E-state index contributed by atoms with van der Waals surface area (Å²) in [6.45, 7) is 0. The molecule has 104 valence electrons. The van der Waals surface area contributed by atoms with Crippen LogP contribution in [0.3, 0.4) is 0 Å². The maximum absolute atomic E-state index is 10.4. The van der Waals surface area contributed by atoms with Gasteiger partial charge in [-0.3, -0.25) is 0 Å². The van der Waals surface area contributed by atoms with Crippen molar-refractivity contribution in [1.82, 2.24) is 0 Å². The zero-order valence-electron chi connectivity index (χ0n) is 11.0. The van der Waals surface area contributed by atoms with Gasteiger partial charge in [0.2, 0.25) is 0 Å². The molecule has 1 saturated carbocycles. The van der Waals surface area contributed by atoms with Crippen LogP contribution < -0.4 is 10.5 Å². The first-order valence-corrected chi connectivity index (χ1v) is 7.23. The van der Waals surface area contributed by atoms with Crippen LogP contribution in [0.1, 0.15) is 24.0 Å². The summed E-state index contributed by atoms with van der Waals surface area (Å²) in [5.41, 5.74) is 8.18. The summed E-state index contributed by atoms with van der Waals surface area (Å²) < 4.78 is 6.00. The van der Waals surface area contributed by atoms with Crippen LogP contribution in [0.25, 0.3) is 0 Å². The normalized spacial score (nSPS) is 46.2. The molecule has 0 amide bonds. The minimum Gasteiger partial charge on any atom is -0.504 e. The van der Waals surface area contributed by atoms with Gasteiger partial charge in [0.1, 0.15) is 12.2 Å². The Morgan fingerprint density at radius 3 is 3.00 bits per heavy atom. The second-order valence-corrected chi connectivity index (χ2v) is 6.83. The molecule has 5 unspecified atom stereocenters. The average Bonchev–Trinajstić information content (AvgIpc) is 2.88. The van der Waals surface area contributed by atoms with Gasteiger partial charge in [-0.1, -0.05) is 18.2 Å². The van der Waals surface area contributed by atoms with Crippen molar-refractivity contribution in [3.8, 4) is 11.5 Å². The summed E-state index contributed by atoms with van der Waals surface area (Å²) in [5.74, 6) is 1.24. The minimum atomic E-state index is -0.664.